The first-order valence-corrected chi connectivity index (χ1v) is 13.7. The lowest BCUT2D eigenvalue weighted by atomic mass is 9.98. The third-order valence-electron chi connectivity index (χ3n) is 7.22. The van der Waals surface area contributed by atoms with E-state index in [9.17, 15) is 23.9 Å². The van der Waals surface area contributed by atoms with Gasteiger partial charge in [0.15, 0.2) is 0 Å². The van der Waals surface area contributed by atoms with E-state index in [1.807, 2.05) is 18.2 Å². The Morgan fingerprint density at radius 3 is 2.62 bits per heavy atom. The number of methoxy groups -OCH3 is 1. The standard InChI is InChI=1S/C32H31FN4O5/c1-42-29-19-27(36-26-6-3-2-5-22(26)29)32(41)37-15-4-7-30(39)34-13-12-20-8-11-28(38)24(17-20)23-18-21(9-10-25(23)33)31(40)35-14-16-37/h2-3,5-6,8-11,17-19,38H,4,7,12-16H2,1H3,(H,34,39)(H,35,40). The van der Waals surface area contributed by atoms with Crippen LogP contribution in [-0.4, -0.2) is 66.0 Å². The van der Waals surface area contributed by atoms with Gasteiger partial charge in [-0.15, -0.1) is 0 Å². The molecule has 5 rings (SSSR count). The minimum atomic E-state index is -0.586. The van der Waals surface area contributed by atoms with Gasteiger partial charge in [0.05, 0.1) is 12.6 Å². The lowest BCUT2D eigenvalue weighted by Gasteiger charge is -2.23. The number of ether oxygens (including phenoxy) is 1. The number of amides is 3. The number of phenols is 1. The van der Waals surface area contributed by atoms with Crippen LogP contribution in [0.4, 0.5) is 4.39 Å². The number of hydrogen-bond acceptors (Lipinski definition) is 6. The summed E-state index contributed by atoms with van der Waals surface area (Å²) in [6.07, 6.45) is 1.06. The highest BCUT2D eigenvalue weighted by molar-refractivity contribution is 5.98. The van der Waals surface area contributed by atoms with E-state index in [1.54, 1.807) is 29.2 Å². The number of benzene rings is 3. The second-order valence-corrected chi connectivity index (χ2v) is 10.0. The summed E-state index contributed by atoms with van der Waals surface area (Å²) in [6, 6.07) is 17.7. The molecule has 10 heteroatoms. The maximum atomic E-state index is 14.8. The zero-order valence-electron chi connectivity index (χ0n) is 23.2. The van der Waals surface area contributed by atoms with E-state index < -0.39 is 11.7 Å². The summed E-state index contributed by atoms with van der Waals surface area (Å²) < 4.78 is 20.3. The molecule has 2 heterocycles. The second kappa shape index (κ2) is 12.7. The van der Waals surface area contributed by atoms with Crippen LogP contribution >= 0.6 is 0 Å². The molecule has 1 aromatic heterocycles. The maximum absolute atomic E-state index is 14.8. The molecule has 0 saturated carbocycles. The van der Waals surface area contributed by atoms with E-state index >= 15 is 0 Å². The van der Waals surface area contributed by atoms with Crippen molar-refractivity contribution >= 4 is 28.6 Å². The highest BCUT2D eigenvalue weighted by Gasteiger charge is 2.21. The monoisotopic (exact) mass is 570 g/mol. The van der Waals surface area contributed by atoms with Crippen molar-refractivity contribution in [1.82, 2.24) is 20.5 Å². The van der Waals surface area contributed by atoms with E-state index in [4.69, 9.17) is 4.74 Å². The molecule has 4 aromatic rings. The highest BCUT2D eigenvalue weighted by Crippen LogP contribution is 2.33. The number of hydrogen-bond donors (Lipinski definition) is 3. The summed E-state index contributed by atoms with van der Waals surface area (Å²) in [5.74, 6) is -1.17. The van der Waals surface area contributed by atoms with E-state index in [2.05, 4.69) is 15.6 Å². The molecule has 0 saturated heterocycles. The van der Waals surface area contributed by atoms with Crippen LogP contribution in [0.1, 0.15) is 39.3 Å². The van der Waals surface area contributed by atoms with Crippen molar-refractivity contribution in [3.63, 3.8) is 0 Å². The van der Waals surface area contributed by atoms with Crippen LogP contribution in [0.2, 0.25) is 0 Å². The SMILES string of the molecule is COc1cc(C(=O)N2CCCC(=O)NCCc3ccc(O)c(c3)-c3cc(ccc3F)C(=O)NCC2)nc2ccccc12. The molecular weight excluding hydrogens is 539 g/mol. The highest BCUT2D eigenvalue weighted by atomic mass is 19.1. The smallest absolute Gasteiger partial charge is 0.272 e. The quantitative estimate of drug-likeness (QED) is 0.334. The van der Waals surface area contributed by atoms with Gasteiger partial charge in [0.25, 0.3) is 11.8 Å². The number of aromatic nitrogens is 1. The molecule has 0 fully saturated rings. The van der Waals surface area contributed by atoms with Gasteiger partial charge < -0.3 is 25.4 Å². The van der Waals surface area contributed by atoms with Crippen molar-refractivity contribution in [3.05, 3.63) is 89.4 Å². The number of nitrogens with zero attached hydrogens (tertiary/aromatic N) is 2. The minimum Gasteiger partial charge on any atom is -0.507 e. The molecule has 3 amide bonds. The zero-order valence-corrected chi connectivity index (χ0v) is 23.2. The number of carbonyl (C=O) groups is 3. The summed E-state index contributed by atoms with van der Waals surface area (Å²) in [5, 5.41) is 16.9. The first-order chi connectivity index (χ1) is 20.3. The largest absolute Gasteiger partial charge is 0.507 e. The number of pyridine rings is 1. The van der Waals surface area contributed by atoms with E-state index in [-0.39, 0.29) is 66.0 Å². The Morgan fingerprint density at radius 1 is 0.952 bits per heavy atom. The number of nitrogens with one attached hydrogen (secondary N) is 2. The average molecular weight is 571 g/mol. The number of fused-ring (bicyclic) bond motifs is 6. The average Bonchev–Trinajstić information content (AvgIpc) is 3.00. The van der Waals surface area contributed by atoms with Crippen LogP contribution in [0.3, 0.4) is 0 Å². The van der Waals surface area contributed by atoms with Gasteiger partial charge in [0.1, 0.15) is 23.0 Å². The van der Waals surface area contributed by atoms with Crippen LogP contribution in [0.25, 0.3) is 22.0 Å². The van der Waals surface area contributed by atoms with Crippen molar-refractivity contribution in [2.45, 2.75) is 19.3 Å². The Labute approximate surface area is 242 Å². The van der Waals surface area contributed by atoms with Gasteiger partial charge in [-0.1, -0.05) is 18.2 Å². The molecule has 42 heavy (non-hydrogen) atoms. The minimum absolute atomic E-state index is 0.0836. The van der Waals surface area contributed by atoms with Crippen LogP contribution in [0, 0.1) is 5.82 Å². The van der Waals surface area contributed by atoms with Crippen LogP contribution < -0.4 is 15.4 Å². The number of phenolic OH excluding ortho intramolecular Hbond substituents is 1. The number of rotatable bonds is 2. The summed E-state index contributed by atoms with van der Waals surface area (Å²) in [5.41, 5.74) is 2.13. The molecule has 9 nitrogen and oxygen atoms in total. The molecule has 0 radical (unpaired) electrons. The lowest BCUT2D eigenvalue weighted by molar-refractivity contribution is -0.121. The Morgan fingerprint density at radius 2 is 1.79 bits per heavy atom. The van der Waals surface area contributed by atoms with Gasteiger partial charge in [-0.3, -0.25) is 14.4 Å². The molecule has 216 valence electrons. The van der Waals surface area contributed by atoms with Crippen LogP contribution in [-0.2, 0) is 11.2 Å². The molecular formula is C32H31FN4O5. The van der Waals surface area contributed by atoms with Gasteiger partial charge in [0, 0.05) is 60.7 Å². The number of para-hydroxylation sites is 1. The molecule has 3 aromatic carbocycles. The molecule has 0 unspecified atom stereocenters. The fourth-order valence-electron chi connectivity index (χ4n) is 5.00. The molecule has 0 aliphatic carbocycles. The first-order valence-electron chi connectivity index (χ1n) is 13.7. The van der Waals surface area contributed by atoms with Gasteiger partial charge >= 0.3 is 0 Å². The fraction of sp³-hybridized carbons (Fsp3) is 0.250. The van der Waals surface area contributed by atoms with Crippen molar-refractivity contribution in [3.8, 4) is 22.6 Å². The van der Waals surface area contributed by atoms with Crippen molar-refractivity contribution in [2.24, 2.45) is 0 Å². The molecule has 1 aliphatic heterocycles. The summed E-state index contributed by atoms with van der Waals surface area (Å²) >= 11 is 0. The first kappa shape index (κ1) is 28.5. The predicted molar refractivity (Wildman–Crippen MR) is 156 cm³/mol. The van der Waals surface area contributed by atoms with Crippen molar-refractivity contribution < 1.29 is 28.6 Å². The topological polar surface area (TPSA) is 121 Å². The third kappa shape index (κ3) is 6.33. The van der Waals surface area contributed by atoms with E-state index in [0.29, 0.717) is 30.7 Å². The van der Waals surface area contributed by atoms with E-state index in [0.717, 1.165) is 10.9 Å². The number of carbonyl (C=O) groups excluding carboxylic acids is 3. The predicted octanol–water partition coefficient (Wildman–Crippen LogP) is 4.08. The Kier molecular flexibility index (Phi) is 8.61. The summed E-state index contributed by atoms with van der Waals surface area (Å²) in [6.45, 7) is 0.868. The normalized spacial score (nSPS) is 14.9. The van der Waals surface area contributed by atoms with Gasteiger partial charge in [0.2, 0.25) is 5.91 Å². The van der Waals surface area contributed by atoms with Gasteiger partial charge in [-0.2, -0.15) is 0 Å². The third-order valence-corrected chi connectivity index (χ3v) is 7.22. The molecule has 4 bridgehead atoms. The maximum Gasteiger partial charge on any atom is 0.272 e. The number of aromatic hydroxyl groups is 1. The molecule has 0 atom stereocenters. The summed E-state index contributed by atoms with van der Waals surface area (Å²) in [7, 11) is 1.53. The zero-order chi connectivity index (χ0) is 29.6. The Hall–Kier alpha value is -4.99. The molecule has 0 spiro atoms. The molecule has 3 N–H and O–H groups in total. The van der Waals surface area contributed by atoms with Gasteiger partial charge in [-0.05, 0) is 60.9 Å². The molecule has 1 aliphatic rings. The van der Waals surface area contributed by atoms with Crippen LogP contribution in [0.15, 0.2) is 66.7 Å². The lowest BCUT2D eigenvalue weighted by Crippen LogP contribution is -2.40. The fourth-order valence-corrected chi connectivity index (χ4v) is 5.00. The second-order valence-electron chi connectivity index (χ2n) is 10.0. The van der Waals surface area contributed by atoms with Crippen LogP contribution in [0.5, 0.6) is 11.5 Å². The van der Waals surface area contributed by atoms with Crippen molar-refractivity contribution in [2.75, 3.05) is 33.3 Å². The Bertz CT molecular complexity index is 1660. The Balaban J connectivity index is 1.42. The van der Waals surface area contributed by atoms with Crippen molar-refractivity contribution in [1.29, 1.82) is 0 Å². The number of halogens is 1. The summed E-state index contributed by atoms with van der Waals surface area (Å²) in [4.78, 5) is 45.3. The van der Waals surface area contributed by atoms with E-state index in [1.165, 1.54) is 31.4 Å². The van der Waals surface area contributed by atoms with Gasteiger partial charge in [-0.25, -0.2) is 9.37 Å².